The van der Waals surface area contributed by atoms with Crippen molar-refractivity contribution in [2.75, 3.05) is 13.2 Å². The summed E-state index contributed by atoms with van der Waals surface area (Å²) in [4.78, 5) is 0. The highest BCUT2D eigenvalue weighted by Crippen LogP contribution is 2.72. The van der Waals surface area contributed by atoms with Crippen LogP contribution in [0.3, 0.4) is 0 Å². The summed E-state index contributed by atoms with van der Waals surface area (Å²) in [6.45, 7) is 6.46. The lowest BCUT2D eigenvalue weighted by molar-refractivity contribution is -0.0651. The van der Waals surface area contributed by atoms with Crippen LogP contribution in [-0.4, -0.2) is 23.7 Å². The van der Waals surface area contributed by atoms with Gasteiger partial charge >= 0.3 is 7.60 Å². The predicted molar refractivity (Wildman–Crippen MR) is 91.3 cm³/mol. The third kappa shape index (κ3) is 2.57. The van der Waals surface area contributed by atoms with Crippen molar-refractivity contribution in [3.8, 4) is 0 Å². The second-order valence-electron chi connectivity index (χ2n) is 7.25. The van der Waals surface area contributed by atoms with E-state index in [1.807, 2.05) is 13.8 Å². The number of rotatable bonds is 5. The van der Waals surface area contributed by atoms with Gasteiger partial charge in [-0.15, -0.1) is 0 Å². The summed E-state index contributed by atoms with van der Waals surface area (Å²) < 4.78 is 24.9. The maximum absolute atomic E-state index is 13.6. The molecule has 0 unspecified atom stereocenters. The summed E-state index contributed by atoms with van der Waals surface area (Å²) in [5.41, 5.74) is 2.91. The summed E-state index contributed by atoms with van der Waals surface area (Å²) in [6, 6.07) is 0. The fourth-order valence-corrected chi connectivity index (χ4v) is 7.96. The number of hydrogen-bond donors (Lipinski definition) is 1. The molecule has 0 aromatic carbocycles. The molecule has 3 aliphatic carbocycles. The molecule has 0 spiro atoms. The minimum absolute atomic E-state index is 0.0120. The van der Waals surface area contributed by atoms with Crippen molar-refractivity contribution < 1.29 is 18.7 Å². The van der Waals surface area contributed by atoms with Crippen LogP contribution >= 0.6 is 7.60 Å². The van der Waals surface area contributed by atoms with Crippen molar-refractivity contribution in [1.29, 1.82) is 0 Å². The third-order valence-electron chi connectivity index (χ3n) is 6.23. The topological polar surface area (TPSA) is 55.8 Å². The van der Waals surface area contributed by atoms with Gasteiger partial charge in [0.05, 0.1) is 13.2 Å². The largest absolute Gasteiger partial charge is 0.377 e. The SMILES string of the molecule is CCOP(=O)(OCC)[C@]1(O)[C@H]2CCC[C@H]1[C@H](C)C1=C2CCCC1. The van der Waals surface area contributed by atoms with E-state index in [1.54, 1.807) is 0 Å². The van der Waals surface area contributed by atoms with E-state index in [2.05, 4.69) is 6.92 Å². The molecule has 0 aromatic rings. The molecular weight excluding hydrogens is 311 g/mol. The van der Waals surface area contributed by atoms with Crippen molar-refractivity contribution in [3.05, 3.63) is 11.1 Å². The molecule has 3 aliphatic rings. The molecule has 0 heterocycles. The molecule has 0 amide bonds. The van der Waals surface area contributed by atoms with Crippen LogP contribution in [0.25, 0.3) is 0 Å². The second kappa shape index (κ2) is 6.63. The lowest BCUT2D eigenvalue weighted by Crippen LogP contribution is -2.55. The van der Waals surface area contributed by atoms with Crippen molar-refractivity contribution in [2.45, 2.75) is 71.1 Å². The molecule has 5 heteroatoms. The first-order chi connectivity index (χ1) is 11.0. The van der Waals surface area contributed by atoms with Crippen LogP contribution in [0.15, 0.2) is 11.1 Å². The third-order valence-corrected chi connectivity index (χ3v) is 8.95. The first kappa shape index (κ1) is 17.7. The zero-order chi connectivity index (χ0) is 16.7. The molecule has 4 atom stereocenters. The molecule has 0 aliphatic heterocycles. The average Bonchev–Trinajstić information content (AvgIpc) is 2.53. The predicted octanol–water partition coefficient (Wildman–Crippen LogP) is 4.88. The van der Waals surface area contributed by atoms with Crippen LogP contribution in [0.4, 0.5) is 0 Å². The Labute approximate surface area is 140 Å². The molecule has 2 bridgehead atoms. The van der Waals surface area contributed by atoms with Crippen LogP contribution in [0.1, 0.15) is 65.7 Å². The molecule has 0 radical (unpaired) electrons. The van der Waals surface area contributed by atoms with Crippen molar-refractivity contribution in [1.82, 2.24) is 0 Å². The van der Waals surface area contributed by atoms with Gasteiger partial charge < -0.3 is 14.2 Å². The fourth-order valence-electron chi connectivity index (χ4n) is 5.36. The minimum atomic E-state index is -3.56. The summed E-state index contributed by atoms with van der Waals surface area (Å²) in [5.74, 6) is 0.222. The van der Waals surface area contributed by atoms with Gasteiger partial charge in [-0.25, -0.2) is 0 Å². The van der Waals surface area contributed by atoms with Crippen molar-refractivity contribution >= 4 is 7.60 Å². The van der Waals surface area contributed by atoms with Gasteiger partial charge in [0.1, 0.15) is 0 Å². The summed E-state index contributed by atoms with van der Waals surface area (Å²) in [7, 11) is -3.56. The van der Waals surface area contributed by atoms with E-state index in [9.17, 15) is 9.67 Å². The van der Waals surface area contributed by atoms with E-state index in [0.717, 1.165) is 32.1 Å². The maximum Gasteiger partial charge on any atom is 0.362 e. The standard InChI is InChI=1S/C18H31O4P/c1-4-21-23(20,22-5-2)18(19)16-11-8-12-17(18)15-10-7-6-9-14(15)13(16)3/h13,16-17,19H,4-12H2,1-3H3/t13-,16+,17+,18+/m1/s1. The monoisotopic (exact) mass is 342 g/mol. The Bertz CT molecular complexity index is 519. The minimum Gasteiger partial charge on any atom is -0.377 e. The van der Waals surface area contributed by atoms with Gasteiger partial charge in [-0.2, -0.15) is 0 Å². The Hall–Kier alpha value is -0.150. The Balaban J connectivity index is 2.11. The summed E-state index contributed by atoms with van der Waals surface area (Å²) >= 11 is 0. The van der Waals surface area contributed by atoms with Gasteiger partial charge in [-0.3, -0.25) is 4.57 Å². The fraction of sp³-hybridized carbons (Fsp3) is 0.889. The Morgan fingerprint density at radius 3 is 2.30 bits per heavy atom. The smallest absolute Gasteiger partial charge is 0.362 e. The molecule has 132 valence electrons. The van der Waals surface area contributed by atoms with Crippen molar-refractivity contribution in [2.24, 2.45) is 17.8 Å². The van der Waals surface area contributed by atoms with Gasteiger partial charge in [0, 0.05) is 11.8 Å². The average molecular weight is 342 g/mol. The zero-order valence-corrected chi connectivity index (χ0v) is 15.6. The van der Waals surface area contributed by atoms with E-state index in [-0.39, 0.29) is 17.8 Å². The zero-order valence-electron chi connectivity index (χ0n) is 14.7. The van der Waals surface area contributed by atoms with E-state index in [0.29, 0.717) is 13.2 Å². The molecule has 0 saturated heterocycles. The van der Waals surface area contributed by atoms with Gasteiger partial charge in [-0.05, 0) is 58.3 Å². The molecule has 0 aromatic heterocycles. The highest BCUT2D eigenvalue weighted by atomic mass is 31.2. The van der Waals surface area contributed by atoms with Gasteiger partial charge in [-0.1, -0.05) is 24.5 Å². The Kier molecular flexibility index (Phi) is 5.09. The lowest BCUT2D eigenvalue weighted by atomic mass is 9.59. The van der Waals surface area contributed by atoms with Gasteiger partial charge in [0.25, 0.3) is 0 Å². The molecule has 4 nitrogen and oxygen atoms in total. The highest BCUT2D eigenvalue weighted by Gasteiger charge is 2.65. The van der Waals surface area contributed by atoms with Crippen LogP contribution in [0.2, 0.25) is 0 Å². The molecular formula is C18H31O4P. The Morgan fingerprint density at radius 1 is 1.09 bits per heavy atom. The molecule has 1 fully saturated rings. The maximum atomic E-state index is 13.6. The molecule has 1 saturated carbocycles. The lowest BCUT2D eigenvalue weighted by Gasteiger charge is -2.55. The molecule has 3 rings (SSSR count). The number of hydrogen-bond acceptors (Lipinski definition) is 4. The Morgan fingerprint density at radius 2 is 1.70 bits per heavy atom. The second-order valence-corrected chi connectivity index (χ2v) is 9.48. The highest BCUT2D eigenvalue weighted by molar-refractivity contribution is 7.55. The number of fused-ring (bicyclic) bond motifs is 3. The van der Waals surface area contributed by atoms with Crippen LogP contribution in [-0.2, 0) is 13.6 Å². The number of aliphatic hydroxyl groups is 1. The first-order valence-corrected chi connectivity index (χ1v) is 10.9. The van der Waals surface area contributed by atoms with Crippen LogP contribution < -0.4 is 0 Å². The van der Waals surface area contributed by atoms with Crippen LogP contribution in [0, 0.1) is 17.8 Å². The van der Waals surface area contributed by atoms with Gasteiger partial charge in [0.15, 0.2) is 5.34 Å². The normalized spacial score (nSPS) is 37.7. The van der Waals surface area contributed by atoms with Crippen molar-refractivity contribution in [3.63, 3.8) is 0 Å². The summed E-state index contributed by atoms with van der Waals surface area (Å²) in [6.07, 6.45) is 7.52. The van der Waals surface area contributed by atoms with Gasteiger partial charge in [0.2, 0.25) is 0 Å². The summed E-state index contributed by atoms with van der Waals surface area (Å²) in [5, 5.41) is 10.5. The first-order valence-electron chi connectivity index (χ1n) is 9.33. The van der Waals surface area contributed by atoms with E-state index in [1.165, 1.54) is 24.0 Å². The quantitative estimate of drug-likeness (QED) is 0.571. The van der Waals surface area contributed by atoms with E-state index in [4.69, 9.17) is 9.05 Å². The molecule has 23 heavy (non-hydrogen) atoms. The molecule has 1 N–H and O–H groups in total. The number of allylic oxidation sites excluding steroid dienone is 1. The van der Waals surface area contributed by atoms with E-state index >= 15 is 0 Å². The van der Waals surface area contributed by atoms with E-state index < -0.39 is 12.9 Å². The van der Waals surface area contributed by atoms with Crippen LogP contribution in [0.5, 0.6) is 0 Å².